The lowest BCUT2D eigenvalue weighted by Gasteiger charge is -2.28. The number of hydrogen-bond donors (Lipinski definition) is 0. The third kappa shape index (κ3) is 2.80. The number of aromatic nitrogens is 3. The molecule has 0 saturated heterocycles. The van der Waals surface area contributed by atoms with Crippen molar-refractivity contribution in [2.45, 2.75) is 32.0 Å². The fourth-order valence-corrected chi connectivity index (χ4v) is 3.29. The molecule has 1 fully saturated rings. The molecule has 1 aromatic carbocycles. The molecular weight excluding hydrogens is 311 g/mol. The Balaban J connectivity index is 1.46. The Morgan fingerprint density at radius 1 is 1.38 bits per heavy atom. The predicted molar refractivity (Wildman–Crippen MR) is 83.5 cm³/mol. The lowest BCUT2D eigenvalue weighted by atomic mass is 10.1. The number of halogens is 1. The molecule has 0 N–H and O–H groups in total. The monoisotopic (exact) mass is 330 g/mol. The van der Waals surface area contributed by atoms with Crippen LogP contribution in [-0.4, -0.2) is 45.3 Å². The Kier molecular flexibility index (Phi) is 3.80. The number of fused-ring (bicyclic) bond motifs is 1. The summed E-state index contributed by atoms with van der Waals surface area (Å²) in [6.07, 6.45) is 1.41. The average molecular weight is 330 g/mol. The Bertz CT molecular complexity index is 776. The molecule has 2 heterocycles. The Morgan fingerprint density at radius 3 is 3.00 bits per heavy atom. The van der Waals surface area contributed by atoms with Gasteiger partial charge in [-0.25, -0.2) is 4.39 Å². The van der Waals surface area contributed by atoms with Crippen molar-refractivity contribution in [3.8, 4) is 0 Å². The number of ether oxygens (including phenoxy) is 1. The maximum absolute atomic E-state index is 13.3. The number of carbonyl (C=O) groups is 1. The summed E-state index contributed by atoms with van der Waals surface area (Å²) in [5.74, 6) is 1.48. The lowest BCUT2D eigenvalue weighted by molar-refractivity contribution is -0.135. The topological polar surface area (TPSA) is 60.2 Å². The normalized spacial score (nSPS) is 22.3. The van der Waals surface area contributed by atoms with Crippen LogP contribution in [0.3, 0.4) is 0 Å². The van der Waals surface area contributed by atoms with Crippen molar-refractivity contribution in [2.75, 3.05) is 13.7 Å². The smallest absolute Gasteiger partial charge is 0.228 e. The minimum atomic E-state index is -0.250. The molecule has 6 nitrogen and oxygen atoms in total. The number of methoxy groups -OCH3 is 1. The largest absolute Gasteiger partial charge is 0.381 e. The number of carbonyl (C=O) groups excluding carboxylic acids is 1. The standard InChI is InChI=1S/C17H19FN4O2/c1-24-14-9-13(14)17(23)21-5-6-22-15(19-20-16(22)10-21)8-11-3-2-4-12(18)7-11/h2-4,7,13-14H,5-6,8-10H2,1H3/t13-,14-/m1/s1. The van der Waals surface area contributed by atoms with Crippen molar-refractivity contribution in [2.24, 2.45) is 5.92 Å². The van der Waals surface area contributed by atoms with Crippen LogP contribution in [0.2, 0.25) is 0 Å². The lowest BCUT2D eigenvalue weighted by Crippen LogP contribution is -2.40. The molecular formula is C17H19FN4O2. The summed E-state index contributed by atoms with van der Waals surface area (Å²) < 4.78 is 20.6. The molecule has 24 heavy (non-hydrogen) atoms. The number of hydrogen-bond acceptors (Lipinski definition) is 4. The van der Waals surface area contributed by atoms with Gasteiger partial charge in [-0.2, -0.15) is 0 Å². The van der Waals surface area contributed by atoms with Crippen LogP contribution in [-0.2, 0) is 29.0 Å². The van der Waals surface area contributed by atoms with Gasteiger partial charge < -0.3 is 14.2 Å². The molecule has 1 aromatic heterocycles. The van der Waals surface area contributed by atoms with E-state index >= 15 is 0 Å². The predicted octanol–water partition coefficient (Wildman–Crippen LogP) is 1.39. The summed E-state index contributed by atoms with van der Waals surface area (Å²) in [6.45, 7) is 1.79. The van der Waals surface area contributed by atoms with Gasteiger partial charge in [-0.15, -0.1) is 10.2 Å². The van der Waals surface area contributed by atoms with Gasteiger partial charge in [0, 0.05) is 26.6 Å². The van der Waals surface area contributed by atoms with Gasteiger partial charge in [-0.3, -0.25) is 4.79 Å². The quantitative estimate of drug-likeness (QED) is 0.850. The molecule has 0 unspecified atom stereocenters. The van der Waals surface area contributed by atoms with E-state index in [0.717, 1.165) is 23.6 Å². The zero-order valence-corrected chi connectivity index (χ0v) is 13.5. The van der Waals surface area contributed by atoms with Crippen molar-refractivity contribution in [3.05, 3.63) is 47.3 Å². The van der Waals surface area contributed by atoms with Crippen molar-refractivity contribution in [1.29, 1.82) is 0 Å². The molecule has 0 radical (unpaired) electrons. The molecule has 7 heteroatoms. The van der Waals surface area contributed by atoms with Gasteiger partial charge in [0.25, 0.3) is 0 Å². The second-order valence-corrected chi connectivity index (χ2v) is 6.37. The molecule has 1 saturated carbocycles. The zero-order chi connectivity index (χ0) is 16.7. The van der Waals surface area contributed by atoms with Crippen molar-refractivity contribution < 1.29 is 13.9 Å². The van der Waals surface area contributed by atoms with Crippen LogP contribution < -0.4 is 0 Å². The van der Waals surface area contributed by atoms with Gasteiger partial charge in [-0.1, -0.05) is 12.1 Å². The van der Waals surface area contributed by atoms with Crippen LogP contribution in [0.15, 0.2) is 24.3 Å². The van der Waals surface area contributed by atoms with Gasteiger partial charge >= 0.3 is 0 Å². The second-order valence-electron chi connectivity index (χ2n) is 6.37. The molecule has 4 rings (SSSR count). The third-order valence-corrected chi connectivity index (χ3v) is 4.74. The van der Waals surface area contributed by atoms with Crippen molar-refractivity contribution in [1.82, 2.24) is 19.7 Å². The maximum atomic E-state index is 13.3. The van der Waals surface area contributed by atoms with Crippen molar-refractivity contribution in [3.63, 3.8) is 0 Å². The molecule has 0 spiro atoms. The van der Waals surface area contributed by atoms with Gasteiger partial charge in [0.15, 0.2) is 5.82 Å². The van der Waals surface area contributed by atoms with E-state index in [9.17, 15) is 9.18 Å². The molecule has 126 valence electrons. The van der Waals surface area contributed by atoms with E-state index in [4.69, 9.17) is 4.74 Å². The summed E-state index contributed by atoms with van der Waals surface area (Å²) in [5, 5.41) is 8.46. The molecule has 0 bridgehead atoms. The second kappa shape index (κ2) is 5.98. The fourth-order valence-electron chi connectivity index (χ4n) is 3.29. The first-order chi connectivity index (χ1) is 11.7. The van der Waals surface area contributed by atoms with Crippen LogP contribution in [0.25, 0.3) is 0 Å². The molecule has 1 amide bonds. The van der Waals surface area contributed by atoms with Gasteiger partial charge in [0.05, 0.1) is 18.6 Å². The summed E-state index contributed by atoms with van der Waals surface area (Å²) in [4.78, 5) is 14.3. The SMILES string of the molecule is CO[C@@H]1C[C@H]1C(=O)N1CCn2c(Cc3cccc(F)c3)nnc2C1. The van der Waals surface area contributed by atoms with E-state index in [2.05, 4.69) is 10.2 Å². The Labute approximate surface area is 139 Å². The number of amides is 1. The first kappa shape index (κ1) is 15.3. The molecule has 1 aliphatic heterocycles. The van der Waals surface area contributed by atoms with Crippen LogP contribution in [0.4, 0.5) is 4.39 Å². The number of benzene rings is 1. The van der Waals surface area contributed by atoms with Gasteiger partial charge in [0.2, 0.25) is 5.91 Å². The van der Waals surface area contributed by atoms with Crippen LogP contribution >= 0.6 is 0 Å². The minimum absolute atomic E-state index is 0.00349. The Hall–Kier alpha value is -2.28. The highest BCUT2D eigenvalue weighted by Crippen LogP contribution is 2.35. The highest BCUT2D eigenvalue weighted by atomic mass is 19.1. The first-order valence-corrected chi connectivity index (χ1v) is 8.12. The Morgan fingerprint density at radius 2 is 2.25 bits per heavy atom. The molecule has 2 aliphatic rings. The van der Waals surface area contributed by atoms with Crippen molar-refractivity contribution >= 4 is 5.91 Å². The third-order valence-electron chi connectivity index (χ3n) is 4.74. The number of rotatable bonds is 4. The fraction of sp³-hybridized carbons (Fsp3) is 0.471. The molecule has 2 atom stereocenters. The zero-order valence-electron chi connectivity index (χ0n) is 13.5. The first-order valence-electron chi connectivity index (χ1n) is 8.12. The highest BCUT2D eigenvalue weighted by molar-refractivity contribution is 5.82. The summed E-state index contributed by atoms with van der Waals surface area (Å²) in [5.41, 5.74) is 0.865. The highest BCUT2D eigenvalue weighted by Gasteiger charge is 2.46. The van der Waals surface area contributed by atoms with Crippen LogP contribution in [0.1, 0.15) is 23.6 Å². The van der Waals surface area contributed by atoms with Crippen LogP contribution in [0.5, 0.6) is 0 Å². The van der Waals surface area contributed by atoms with E-state index in [-0.39, 0.29) is 23.7 Å². The van der Waals surface area contributed by atoms with Gasteiger partial charge in [0.1, 0.15) is 11.6 Å². The van der Waals surface area contributed by atoms with E-state index in [1.54, 1.807) is 13.2 Å². The number of nitrogens with zero attached hydrogens (tertiary/aromatic N) is 4. The van der Waals surface area contributed by atoms with Gasteiger partial charge in [-0.05, 0) is 24.1 Å². The summed E-state index contributed by atoms with van der Waals surface area (Å²) >= 11 is 0. The van der Waals surface area contributed by atoms with E-state index < -0.39 is 0 Å². The summed E-state index contributed by atoms with van der Waals surface area (Å²) in [7, 11) is 1.64. The van der Waals surface area contributed by atoms with E-state index in [1.807, 2.05) is 15.5 Å². The maximum Gasteiger partial charge on any atom is 0.228 e. The molecule has 2 aromatic rings. The molecule has 1 aliphatic carbocycles. The van der Waals surface area contributed by atoms with Crippen LogP contribution in [0, 0.1) is 11.7 Å². The van der Waals surface area contributed by atoms with E-state index in [0.29, 0.717) is 26.1 Å². The minimum Gasteiger partial charge on any atom is -0.381 e. The van der Waals surface area contributed by atoms with E-state index in [1.165, 1.54) is 12.1 Å². The average Bonchev–Trinajstić information content (AvgIpc) is 3.28. The summed E-state index contributed by atoms with van der Waals surface area (Å²) in [6, 6.07) is 6.51.